The molecule has 8 nitrogen and oxygen atoms in total. The van der Waals surface area contributed by atoms with Gasteiger partial charge in [0.05, 0.1) is 16.8 Å². The highest BCUT2D eigenvalue weighted by Crippen LogP contribution is 2.25. The number of para-hydroxylation sites is 2. The molecule has 35 heavy (non-hydrogen) atoms. The summed E-state index contributed by atoms with van der Waals surface area (Å²) >= 11 is 0. The molecule has 1 fully saturated rings. The lowest BCUT2D eigenvalue weighted by Gasteiger charge is -2.30. The molecule has 2 aromatic carbocycles. The minimum Gasteiger partial charge on any atom is -0.309 e. The van der Waals surface area contributed by atoms with Crippen LogP contribution in [0.5, 0.6) is 0 Å². The molecule has 1 amide bonds. The molecular formula is C26H35N5O3S. The Morgan fingerprint density at radius 3 is 2.37 bits per heavy atom. The van der Waals surface area contributed by atoms with E-state index in [1.165, 1.54) is 4.31 Å². The maximum atomic E-state index is 13.2. The van der Waals surface area contributed by atoms with Gasteiger partial charge in [0, 0.05) is 32.1 Å². The molecule has 0 saturated carbocycles. The molecule has 4 rings (SSSR count). The molecule has 1 saturated heterocycles. The summed E-state index contributed by atoms with van der Waals surface area (Å²) in [6, 6.07) is 17.1. The zero-order chi connectivity index (χ0) is 24.8. The molecule has 0 aliphatic carbocycles. The van der Waals surface area contributed by atoms with E-state index in [0.717, 1.165) is 42.8 Å². The van der Waals surface area contributed by atoms with Crippen LogP contribution in [-0.4, -0.2) is 65.8 Å². The zero-order valence-electron chi connectivity index (χ0n) is 20.6. The smallest absolute Gasteiger partial charge is 0.229 e. The van der Waals surface area contributed by atoms with Crippen LogP contribution in [0.1, 0.15) is 32.3 Å². The first-order valence-corrected chi connectivity index (χ1v) is 14.0. The maximum absolute atomic E-state index is 13.2. The summed E-state index contributed by atoms with van der Waals surface area (Å²) in [4.78, 5) is 20.2. The average molecular weight is 498 g/mol. The number of amides is 1. The molecule has 0 bridgehead atoms. The van der Waals surface area contributed by atoms with Crippen LogP contribution < -0.4 is 5.32 Å². The number of anilines is 1. The largest absolute Gasteiger partial charge is 0.309 e. The van der Waals surface area contributed by atoms with E-state index in [0.29, 0.717) is 31.9 Å². The maximum Gasteiger partial charge on any atom is 0.229 e. The van der Waals surface area contributed by atoms with Crippen molar-refractivity contribution in [3.05, 3.63) is 60.2 Å². The van der Waals surface area contributed by atoms with Gasteiger partial charge in [-0.05, 0) is 43.6 Å². The zero-order valence-corrected chi connectivity index (χ0v) is 21.4. The van der Waals surface area contributed by atoms with Crippen molar-refractivity contribution < 1.29 is 13.2 Å². The number of hydrogen-bond acceptors (Lipinski definition) is 5. The Hall–Kier alpha value is -2.75. The van der Waals surface area contributed by atoms with E-state index in [1.807, 2.05) is 54.6 Å². The van der Waals surface area contributed by atoms with Gasteiger partial charge in [0.15, 0.2) is 0 Å². The third kappa shape index (κ3) is 6.09. The highest BCUT2D eigenvalue weighted by atomic mass is 32.2. The van der Waals surface area contributed by atoms with Crippen LogP contribution >= 0.6 is 0 Å². The Labute approximate surface area is 208 Å². The van der Waals surface area contributed by atoms with Crippen LogP contribution in [-0.2, 0) is 27.1 Å². The van der Waals surface area contributed by atoms with Gasteiger partial charge in [0.2, 0.25) is 21.9 Å². The molecule has 0 spiro atoms. The number of carbonyl (C=O) groups excluding carboxylic acids is 1. The molecule has 0 radical (unpaired) electrons. The number of benzene rings is 2. The summed E-state index contributed by atoms with van der Waals surface area (Å²) < 4.78 is 29.3. The van der Waals surface area contributed by atoms with Crippen molar-refractivity contribution in [2.45, 2.75) is 39.0 Å². The second-order valence-corrected chi connectivity index (χ2v) is 11.0. The molecule has 1 aliphatic rings. The third-order valence-corrected chi connectivity index (χ3v) is 8.68. The van der Waals surface area contributed by atoms with Crippen molar-refractivity contribution in [1.82, 2.24) is 18.8 Å². The molecule has 188 valence electrons. The molecule has 2 heterocycles. The van der Waals surface area contributed by atoms with Crippen LogP contribution in [0.15, 0.2) is 54.6 Å². The van der Waals surface area contributed by atoms with Crippen LogP contribution in [0.25, 0.3) is 11.0 Å². The van der Waals surface area contributed by atoms with Crippen molar-refractivity contribution in [1.29, 1.82) is 0 Å². The van der Waals surface area contributed by atoms with Gasteiger partial charge >= 0.3 is 0 Å². The number of piperidine rings is 1. The number of aromatic nitrogens is 2. The molecule has 0 atom stereocenters. The van der Waals surface area contributed by atoms with Gasteiger partial charge in [-0.2, -0.15) is 0 Å². The predicted molar refractivity (Wildman–Crippen MR) is 140 cm³/mol. The Morgan fingerprint density at radius 1 is 1.03 bits per heavy atom. The number of imidazole rings is 1. The van der Waals surface area contributed by atoms with E-state index in [4.69, 9.17) is 0 Å². The molecule has 3 aromatic rings. The van der Waals surface area contributed by atoms with Gasteiger partial charge in [-0.25, -0.2) is 17.7 Å². The predicted octanol–water partition coefficient (Wildman–Crippen LogP) is 3.56. The molecule has 1 aromatic heterocycles. The number of nitrogens with one attached hydrogen (secondary N) is 1. The monoisotopic (exact) mass is 497 g/mol. The lowest BCUT2D eigenvalue weighted by molar-refractivity contribution is -0.121. The molecular weight excluding hydrogens is 462 g/mol. The van der Waals surface area contributed by atoms with Crippen LogP contribution in [0, 0.1) is 5.92 Å². The number of likely N-dealkylation sites (N-methyl/N-ethyl adjacent to an activating group) is 1. The quantitative estimate of drug-likeness (QED) is 0.463. The first-order valence-electron chi connectivity index (χ1n) is 12.4. The van der Waals surface area contributed by atoms with Crippen molar-refractivity contribution in [2.24, 2.45) is 5.92 Å². The van der Waals surface area contributed by atoms with Crippen LogP contribution in [0.3, 0.4) is 0 Å². The number of nitrogens with zero attached hydrogens (tertiary/aromatic N) is 4. The van der Waals surface area contributed by atoms with Crippen molar-refractivity contribution in [3.63, 3.8) is 0 Å². The Morgan fingerprint density at radius 2 is 1.69 bits per heavy atom. The Bertz CT molecular complexity index is 1230. The number of fused-ring (bicyclic) bond motifs is 1. The molecule has 1 N–H and O–H groups in total. The van der Waals surface area contributed by atoms with Crippen molar-refractivity contribution in [2.75, 3.05) is 38.0 Å². The third-order valence-electron chi connectivity index (χ3n) is 6.83. The van der Waals surface area contributed by atoms with E-state index in [-0.39, 0.29) is 17.6 Å². The fourth-order valence-corrected chi connectivity index (χ4v) is 6.23. The molecule has 0 unspecified atom stereocenters. The average Bonchev–Trinajstić information content (AvgIpc) is 3.22. The number of hydrogen-bond donors (Lipinski definition) is 1. The molecule has 1 aliphatic heterocycles. The van der Waals surface area contributed by atoms with Crippen molar-refractivity contribution >= 4 is 32.9 Å². The van der Waals surface area contributed by atoms with Gasteiger partial charge in [0.1, 0.15) is 0 Å². The Kier molecular flexibility index (Phi) is 8.20. The summed E-state index contributed by atoms with van der Waals surface area (Å²) in [5, 5.41) is 3.05. The van der Waals surface area contributed by atoms with Crippen LogP contribution in [0.2, 0.25) is 0 Å². The van der Waals surface area contributed by atoms with E-state index < -0.39 is 10.0 Å². The number of sulfonamides is 1. The van der Waals surface area contributed by atoms with E-state index in [9.17, 15) is 13.2 Å². The lowest BCUT2D eigenvalue weighted by Crippen LogP contribution is -2.42. The summed E-state index contributed by atoms with van der Waals surface area (Å²) in [6.07, 6.45) is 0.999. The Balaban J connectivity index is 1.40. The highest BCUT2D eigenvalue weighted by molar-refractivity contribution is 7.88. The van der Waals surface area contributed by atoms with E-state index >= 15 is 0 Å². The minimum atomic E-state index is -3.41. The summed E-state index contributed by atoms with van der Waals surface area (Å²) in [5.74, 6) is 0.211. The second kappa shape index (κ2) is 11.3. The van der Waals surface area contributed by atoms with Gasteiger partial charge < -0.3 is 9.47 Å². The lowest BCUT2D eigenvalue weighted by atomic mass is 9.97. The number of rotatable bonds is 10. The first-order chi connectivity index (χ1) is 16.9. The molecule has 9 heteroatoms. The van der Waals surface area contributed by atoms with Crippen LogP contribution in [0.4, 0.5) is 5.95 Å². The fraction of sp³-hybridized carbons (Fsp3) is 0.462. The summed E-state index contributed by atoms with van der Waals surface area (Å²) in [7, 11) is -3.41. The van der Waals surface area contributed by atoms with Gasteiger partial charge in [-0.1, -0.05) is 56.3 Å². The summed E-state index contributed by atoms with van der Waals surface area (Å²) in [5.41, 5.74) is 2.62. The van der Waals surface area contributed by atoms with E-state index in [2.05, 4.69) is 33.6 Å². The minimum absolute atomic E-state index is 0.0126. The van der Waals surface area contributed by atoms with Gasteiger partial charge in [-0.3, -0.25) is 10.1 Å². The van der Waals surface area contributed by atoms with E-state index in [1.54, 1.807) is 0 Å². The number of carbonyl (C=O) groups is 1. The standard InChI is InChI=1S/C26H35N5O3S/c1-3-29(4-2)18-19-31-24-13-9-8-12-23(24)27-26(31)28-25(32)22-14-16-30(17-15-22)35(33,34)20-21-10-6-5-7-11-21/h5-13,22H,3-4,14-20H2,1-2H3,(H,27,28,32). The first kappa shape index (κ1) is 25.3. The van der Waals surface area contributed by atoms with Gasteiger partial charge in [0.25, 0.3) is 0 Å². The fourth-order valence-electron chi connectivity index (χ4n) is 4.66. The summed E-state index contributed by atoms with van der Waals surface area (Å²) in [6.45, 7) is 8.53. The normalized spacial score (nSPS) is 15.6. The highest BCUT2D eigenvalue weighted by Gasteiger charge is 2.31. The SMILES string of the molecule is CCN(CC)CCn1c(NC(=O)C2CCN(S(=O)(=O)Cc3ccccc3)CC2)nc2ccccc21. The topological polar surface area (TPSA) is 87.5 Å². The van der Waals surface area contributed by atoms with Gasteiger partial charge in [-0.15, -0.1) is 0 Å². The second-order valence-electron chi connectivity index (χ2n) is 9.01. The van der Waals surface area contributed by atoms with Crippen molar-refractivity contribution in [3.8, 4) is 0 Å².